The third-order valence-electron chi connectivity index (χ3n) is 2.40. The Morgan fingerprint density at radius 2 is 2.06 bits per heavy atom. The Morgan fingerprint density at radius 1 is 1.33 bits per heavy atom. The number of rotatable bonds is 3. The quantitative estimate of drug-likeness (QED) is 0.862. The van der Waals surface area contributed by atoms with Crippen LogP contribution in [0.2, 0.25) is 0 Å². The monoisotopic (exact) mass is 267 g/mol. The van der Waals surface area contributed by atoms with Crippen molar-refractivity contribution in [2.45, 2.75) is 25.5 Å². The SMILES string of the molecule is CCn1c(-c2cccc(C)n2)nnc1S(N)(=O)=O. The maximum absolute atomic E-state index is 11.4. The van der Waals surface area contributed by atoms with Crippen LogP contribution in [0.15, 0.2) is 23.4 Å². The first kappa shape index (κ1) is 12.7. The van der Waals surface area contributed by atoms with Gasteiger partial charge in [-0.25, -0.2) is 18.5 Å². The van der Waals surface area contributed by atoms with E-state index in [4.69, 9.17) is 5.14 Å². The van der Waals surface area contributed by atoms with Crippen LogP contribution in [-0.2, 0) is 16.6 Å². The molecule has 0 fully saturated rings. The standard InChI is InChI=1S/C10H13N5O2S/c1-3-15-9(8-6-4-5-7(2)12-8)13-14-10(15)18(11,16)17/h4-6H,3H2,1-2H3,(H2,11,16,17). The molecule has 0 saturated heterocycles. The van der Waals surface area contributed by atoms with Crippen molar-refractivity contribution >= 4 is 10.0 Å². The molecule has 2 aromatic heterocycles. The van der Waals surface area contributed by atoms with Crippen molar-refractivity contribution in [3.8, 4) is 11.5 Å². The summed E-state index contributed by atoms with van der Waals surface area (Å²) in [4.78, 5) is 4.29. The Hall–Kier alpha value is -1.80. The third kappa shape index (κ3) is 2.24. The summed E-state index contributed by atoms with van der Waals surface area (Å²) in [5.74, 6) is 0.394. The number of nitrogens with zero attached hydrogens (tertiary/aromatic N) is 4. The normalized spacial score (nSPS) is 11.7. The van der Waals surface area contributed by atoms with E-state index in [-0.39, 0.29) is 5.16 Å². The molecule has 96 valence electrons. The second-order valence-corrected chi connectivity index (χ2v) is 5.21. The molecular formula is C10H13N5O2S. The molecule has 8 heteroatoms. The van der Waals surface area contributed by atoms with Gasteiger partial charge in [0.2, 0.25) is 0 Å². The zero-order valence-electron chi connectivity index (χ0n) is 10.0. The lowest BCUT2D eigenvalue weighted by Gasteiger charge is -2.05. The fourth-order valence-electron chi connectivity index (χ4n) is 1.64. The molecule has 0 amide bonds. The van der Waals surface area contributed by atoms with Gasteiger partial charge in [-0.05, 0) is 26.0 Å². The molecule has 0 aliphatic rings. The third-order valence-corrected chi connectivity index (χ3v) is 3.22. The van der Waals surface area contributed by atoms with Crippen molar-refractivity contribution in [1.29, 1.82) is 0 Å². The van der Waals surface area contributed by atoms with Crippen molar-refractivity contribution in [3.63, 3.8) is 0 Å². The number of aryl methyl sites for hydroxylation is 1. The molecule has 0 aliphatic heterocycles. The highest BCUT2D eigenvalue weighted by Crippen LogP contribution is 2.18. The lowest BCUT2D eigenvalue weighted by molar-refractivity contribution is 0.570. The molecule has 2 aromatic rings. The first-order valence-corrected chi connectivity index (χ1v) is 6.88. The Kier molecular flexibility index (Phi) is 3.14. The van der Waals surface area contributed by atoms with Crippen LogP contribution >= 0.6 is 0 Å². The van der Waals surface area contributed by atoms with Crippen molar-refractivity contribution in [2.75, 3.05) is 0 Å². The summed E-state index contributed by atoms with van der Waals surface area (Å²) in [5.41, 5.74) is 1.38. The Balaban J connectivity index is 2.63. The summed E-state index contributed by atoms with van der Waals surface area (Å²) < 4.78 is 24.1. The van der Waals surface area contributed by atoms with Crippen LogP contribution in [0.3, 0.4) is 0 Å². The van der Waals surface area contributed by atoms with Gasteiger partial charge < -0.3 is 0 Å². The number of primary sulfonamides is 1. The minimum absolute atomic E-state index is 0.247. The van der Waals surface area contributed by atoms with Gasteiger partial charge in [-0.3, -0.25) is 4.57 Å². The highest BCUT2D eigenvalue weighted by molar-refractivity contribution is 7.89. The molecule has 2 heterocycles. The Bertz CT molecular complexity index is 677. The fourth-order valence-corrected chi connectivity index (χ4v) is 2.32. The number of sulfonamides is 1. The summed E-state index contributed by atoms with van der Waals surface area (Å²) in [6.07, 6.45) is 0. The predicted octanol–water partition coefficient (Wildman–Crippen LogP) is 0.316. The van der Waals surface area contributed by atoms with Crippen molar-refractivity contribution in [1.82, 2.24) is 19.7 Å². The van der Waals surface area contributed by atoms with Crippen LogP contribution in [0.25, 0.3) is 11.5 Å². The van der Waals surface area contributed by atoms with E-state index < -0.39 is 10.0 Å². The Morgan fingerprint density at radius 3 is 2.61 bits per heavy atom. The van der Waals surface area contributed by atoms with Gasteiger partial charge in [-0.1, -0.05) is 6.07 Å². The maximum atomic E-state index is 11.4. The van der Waals surface area contributed by atoms with Crippen molar-refractivity contribution in [2.24, 2.45) is 5.14 Å². The molecule has 0 spiro atoms. The van der Waals surface area contributed by atoms with Gasteiger partial charge in [0.05, 0.1) is 0 Å². The van der Waals surface area contributed by atoms with Crippen LogP contribution in [0.5, 0.6) is 0 Å². The number of aromatic nitrogens is 4. The lowest BCUT2D eigenvalue weighted by Crippen LogP contribution is -2.18. The van der Waals surface area contributed by atoms with Gasteiger partial charge >= 0.3 is 0 Å². The van der Waals surface area contributed by atoms with Crippen molar-refractivity contribution in [3.05, 3.63) is 23.9 Å². The minimum atomic E-state index is -3.88. The molecule has 0 aromatic carbocycles. The molecule has 0 atom stereocenters. The first-order chi connectivity index (χ1) is 8.43. The molecule has 7 nitrogen and oxygen atoms in total. The average molecular weight is 267 g/mol. The first-order valence-electron chi connectivity index (χ1n) is 5.33. The van der Waals surface area contributed by atoms with Crippen LogP contribution in [0, 0.1) is 6.92 Å². The smallest absolute Gasteiger partial charge is 0.273 e. The molecule has 0 saturated carbocycles. The molecule has 0 bridgehead atoms. The number of hydrogen-bond acceptors (Lipinski definition) is 5. The van der Waals surface area contributed by atoms with Crippen LogP contribution in [-0.4, -0.2) is 28.2 Å². The second-order valence-electron chi connectivity index (χ2n) is 3.76. The van der Waals surface area contributed by atoms with E-state index in [1.54, 1.807) is 13.0 Å². The molecule has 2 N–H and O–H groups in total. The van der Waals surface area contributed by atoms with Crippen LogP contribution in [0.4, 0.5) is 0 Å². The summed E-state index contributed by atoms with van der Waals surface area (Å²) in [6.45, 7) is 4.03. The summed E-state index contributed by atoms with van der Waals surface area (Å²) >= 11 is 0. The predicted molar refractivity (Wildman–Crippen MR) is 65.0 cm³/mol. The fraction of sp³-hybridized carbons (Fsp3) is 0.300. The largest absolute Gasteiger partial charge is 0.296 e. The van der Waals surface area contributed by atoms with E-state index in [1.807, 2.05) is 19.1 Å². The van der Waals surface area contributed by atoms with E-state index >= 15 is 0 Å². The van der Waals surface area contributed by atoms with E-state index in [1.165, 1.54) is 4.57 Å². The average Bonchev–Trinajstić information content (AvgIpc) is 2.72. The van der Waals surface area contributed by atoms with Crippen LogP contribution in [0.1, 0.15) is 12.6 Å². The van der Waals surface area contributed by atoms with E-state index in [0.717, 1.165) is 5.69 Å². The zero-order valence-corrected chi connectivity index (χ0v) is 10.8. The summed E-state index contributed by atoms with van der Waals surface area (Å²) in [7, 11) is -3.88. The number of hydrogen-bond donors (Lipinski definition) is 1. The highest BCUT2D eigenvalue weighted by atomic mass is 32.2. The molecule has 0 unspecified atom stereocenters. The maximum Gasteiger partial charge on any atom is 0.273 e. The Labute approximate surface area is 105 Å². The van der Waals surface area contributed by atoms with Gasteiger partial charge in [0.1, 0.15) is 5.69 Å². The molecule has 18 heavy (non-hydrogen) atoms. The zero-order chi connectivity index (χ0) is 13.3. The van der Waals surface area contributed by atoms with E-state index in [2.05, 4.69) is 15.2 Å². The van der Waals surface area contributed by atoms with Gasteiger partial charge in [-0.2, -0.15) is 0 Å². The summed E-state index contributed by atoms with van der Waals surface area (Å²) in [6, 6.07) is 5.41. The second kappa shape index (κ2) is 4.46. The minimum Gasteiger partial charge on any atom is -0.296 e. The van der Waals surface area contributed by atoms with Crippen LogP contribution < -0.4 is 5.14 Å². The van der Waals surface area contributed by atoms with E-state index in [0.29, 0.717) is 18.1 Å². The number of pyridine rings is 1. The lowest BCUT2D eigenvalue weighted by atomic mass is 10.3. The van der Waals surface area contributed by atoms with Gasteiger partial charge in [0.15, 0.2) is 5.82 Å². The van der Waals surface area contributed by atoms with Gasteiger partial charge in [0, 0.05) is 12.2 Å². The number of nitrogens with two attached hydrogens (primary N) is 1. The molecular weight excluding hydrogens is 254 g/mol. The van der Waals surface area contributed by atoms with Gasteiger partial charge in [0.25, 0.3) is 15.2 Å². The van der Waals surface area contributed by atoms with Gasteiger partial charge in [-0.15, -0.1) is 10.2 Å². The molecule has 0 radical (unpaired) electrons. The molecule has 0 aliphatic carbocycles. The van der Waals surface area contributed by atoms with E-state index in [9.17, 15) is 8.42 Å². The topological polar surface area (TPSA) is 104 Å². The molecule has 2 rings (SSSR count). The summed E-state index contributed by atoms with van der Waals surface area (Å²) in [5, 5.41) is 12.3. The van der Waals surface area contributed by atoms with Crippen molar-refractivity contribution < 1.29 is 8.42 Å². The highest BCUT2D eigenvalue weighted by Gasteiger charge is 2.21.